The number of rotatable bonds is 6. The zero-order chi connectivity index (χ0) is 24.9. The van der Waals surface area contributed by atoms with E-state index in [4.69, 9.17) is 23.2 Å². The lowest BCUT2D eigenvalue weighted by molar-refractivity contribution is 0.457. The molecule has 10 heteroatoms. The predicted molar refractivity (Wildman–Crippen MR) is 142 cm³/mol. The van der Waals surface area contributed by atoms with Crippen molar-refractivity contribution in [2.45, 2.75) is 13.5 Å². The van der Waals surface area contributed by atoms with Crippen molar-refractivity contribution in [2.24, 2.45) is 7.05 Å². The van der Waals surface area contributed by atoms with E-state index in [1.807, 2.05) is 60.4 Å². The van der Waals surface area contributed by atoms with Crippen LogP contribution >= 0.6 is 23.2 Å². The van der Waals surface area contributed by atoms with E-state index in [-0.39, 0.29) is 11.6 Å². The number of hydrogen-bond acceptors (Lipinski definition) is 4. The Bertz CT molecular complexity index is 1710. The second-order valence-corrected chi connectivity index (χ2v) is 11.1. The second kappa shape index (κ2) is 8.78. The van der Waals surface area contributed by atoms with Gasteiger partial charge in [0.1, 0.15) is 5.52 Å². The molecule has 3 aromatic heterocycles. The van der Waals surface area contributed by atoms with Crippen LogP contribution in [0.2, 0.25) is 10.0 Å². The van der Waals surface area contributed by atoms with Crippen molar-refractivity contribution in [3.05, 3.63) is 76.7 Å². The van der Waals surface area contributed by atoms with Gasteiger partial charge in [-0.3, -0.25) is 4.72 Å². The van der Waals surface area contributed by atoms with E-state index in [2.05, 4.69) is 9.71 Å². The fraction of sp³-hybridized carbons (Fsp3) is 0.160. The van der Waals surface area contributed by atoms with Gasteiger partial charge in [0.25, 0.3) is 0 Å². The fourth-order valence-electron chi connectivity index (χ4n) is 4.33. The lowest BCUT2D eigenvalue weighted by Gasteiger charge is -2.13. The molecule has 5 rings (SSSR count). The average molecular weight is 529 g/mol. The van der Waals surface area contributed by atoms with E-state index >= 15 is 0 Å². The van der Waals surface area contributed by atoms with Crippen molar-refractivity contribution >= 4 is 60.7 Å². The molecule has 35 heavy (non-hydrogen) atoms. The summed E-state index contributed by atoms with van der Waals surface area (Å²) in [7, 11) is -1.69. The summed E-state index contributed by atoms with van der Waals surface area (Å²) in [6.07, 6.45) is 5.34. The van der Waals surface area contributed by atoms with Crippen molar-refractivity contribution < 1.29 is 13.5 Å². The number of anilines is 1. The van der Waals surface area contributed by atoms with E-state index in [0.29, 0.717) is 27.8 Å². The van der Waals surface area contributed by atoms with Gasteiger partial charge in [-0.1, -0.05) is 35.3 Å². The Balaban J connectivity index is 1.74. The Hall–Kier alpha value is -3.20. The first-order valence-corrected chi connectivity index (χ1v) is 13.3. The normalized spacial score (nSPS) is 12.0. The molecule has 0 fully saturated rings. The van der Waals surface area contributed by atoms with Gasteiger partial charge in [0.15, 0.2) is 0 Å². The fourth-order valence-corrected chi connectivity index (χ4v) is 5.36. The maximum absolute atomic E-state index is 12.5. The smallest absolute Gasteiger partial charge is 0.236 e. The van der Waals surface area contributed by atoms with E-state index in [0.717, 1.165) is 33.0 Å². The number of aryl methyl sites for hydroxylation is 1. The van der Waals surface area contributed by atoms with Gasteiger partial charge in [0, 0.05) is 48.5 Å². The molecule has 0 saturated heterocycles. The molecule has 5 aromatic rings. The van der Waals surface area contributed by atoms with Crippen LogP contribution in [0, 0.1) is 0 Å². The first-order chi connectivity index (χ1) is 16.7. The Labute approximate surface area is 212 Å². The molecular weight excluding hydrogens is 507 g/mol. The van der Waals surface area contributed by atoms with Crippen LogP contribution < -0.4 is 4.72 Å². The van der Waals surface area contributed by atoms with Crippen LogP contribution in [0.4, 0.5) is 5.69 Å². The van der Waals surface area contributed by atoms with Crippen molar-refractivity contribution in [1.82, 2.24) is 14.1 Å². The highest BCUT2D eigenvalue weighted by molar-refractivity contribution is 7.92. The summed E-state index contributed by atoms with van der Waals surface area (Å²) in [4.78, 5) is 3.99. The topological polar surface area (TPSA) is 89.2 Å². The summed E-state index contributed by atoms with van der Waals surface area (Å²) < 4.78 is 31.5. The average Bonchev–Trinajstić information content (AvgIpc) is 3.38. The molecule has 0 radical (unpaired) electrons. The molecule has 0 bridgehead atoms. The first-order valence-electron chi connectivity index (χ1n) is 10.9. The van der Waals surface area contributed by atoms with Gasteiger partial charge in [-0.2, -0.15) is 0 Å². The summed E-state index contributed by atoms with van der Waals surface area (Å²) in [5, 5.41) is 12.8. The summed E-state index contributed by atoms with van der Waals surface area (Å²) in [6.45, 7) is 2.04. The lowest BCUT2D eigenvalue weighted by Crippen LogP contribution is -2.14. The molecule has 0 amide bonds. The van der Waals surface area contributed by atoms with Crippen molar-refractivity contribution in [3.63, 3.8) is 0 Å². The molecule has 0 aliphatic heterocycles. The Kier molecular flexibility index (Phi) is 5.91. The van der Waals surface area contributed by atoms with Gasteiger partial charge >= 0.3 is 0 Å². The number of nitrogens with one attached hydrogen (secondary N) is 1. The van der Waals surface area contributed by atoms with Crippen LogP contribution in [-0.2, 0) is 23.6 Å². The van der Waals surface area contributed by atoms with Crippen LogP contribution in [0.1, 0.15) is 12.5 Å². The zero-order valence-electron chi connectivity index (χ0n) is 19.0. The minimum absolute atomic E-state index is 0.0502. The summed E-state index contributed by atoms with van der Waals surface area (Å²) in [6, 6.07) is 13.0. The van der Waals surface area contributed by atoms with Gasteiger partial charge in [-0.15, -0.1) is 0 Å². The van der Waals surface area contributed by atoms with Crippen LogP contribution in [0.25, 0.3) is 32.9 Å². The number of halogens is 2. The van der Waals surface area contributed by atoms with Crippen LogP contribution in [-0.4, -0.2) is 33.4 Å². The lowest BCUT2D eigenvalue weighted by atomic mass is 10.0. The molecule has 180 valence electrons. The highest BCUT2D eigenvalue weighted by Gasteiger charge is 2.18. The van der Waals surface area contributed by atoms with E-state index in [9.17, 15) is 13.5 Å². The molecule has 3 heterocycles. The Morgan fingerprint density at radius 1 is 1.11 bits per heavy atom. The molecular formula is C25H22Cl2N4O3S. The number of aromatic hydroxyl groups is 1. The van der Waals surface area contributed by atoms with E-state index in [1.54, 1.807) is 23.8 Å². The number of hydrogen-bond donors (Lipinski definition) is 2. The minimum Gasteiger partial charge on any atom is -0.492 e. The zero-order valence-corrected chi connectivity index (χ0v) is 21.3. The van der Waals surface area contributed by atoms with Gasteiger partial charge < -0.3 is 14.2 Å². The number of nitrogens with zero attached hydrogens (tertiary/aromatic N) is 3. The molecule has 2 aromatic carbocycles. The number of fused-ring (bicyclic) bond motifs is 2. The van der Waals surface area contributed by atoms with E-state index < -0.39 is 10.0 Å². The quantitative estimate of drug-likeness (QED) is 0.282. The largest absolute Gasteiger partial charge is 0.492 e. The number of sulfonamides is 1. The van der Waals surface area contributed by atoms with Crippen molar-refractivity contribution in [2.75, 3.05) is 10.5 Å². The number of benzene rings is 2. The summed E-state index contributed by atoms with van der Waals surface area (Å²) >= 11 is 12.7. The third kappa shape index (κ3) is 4.22. The van der Waals surface area contributed by atoms with Gasteiger partial charge in [-0.25, -0.2) is 13.4 Å². The maximum Gasteiger partial charge on any atom is 0.236 e. The predicted octanol–water partition coefficient (Wildman–Crippen LogP) is 6.02. The molecule has 7 nitrogen and oxygen atoms in total. The number of aromatic nitrogens is 3. The third-order valence-electron chi connectivity index (χ3n) is 6.09. The molecule has 2 N–H and O–H groups in total. The standard InChI is InChI=1S/C25H22Cl2N4O3S/c1-3-35(33,34)29-21-11-16(19-14-30(2)24-17(19)7-9-28-25(24)32)12-22-18(21)8-10-31(22)13-15-5-4-6-20(26)23(15)27/h4-12,14,29H,3,13H2,1-2H3,(H,28,32). The molecule has 0 unspecified atom stereocenters. The SMILES string of the molecule is CCS(=O)(=O)Nc1cc(-c2cn(C)c3c(O)nccc23)cc2c1ccn2Cc1cccc(Cl)c1Cl. The van der Waals surface area contributed by atoms with Gasteiger partial charge in [-0.05, 0) is 48.4 Å². The van der Waals surface area contributed by atoms with Gasteiger partial charge in [0.05, 0.1) is 27.0 Å². The highest BCUT2D eigenvalue weighted by atomic mass is 35.5. The third-order valence-corrected chi connectivity index (χ3v) is 8.24. The van der Waals surface area contributed by atoms with Crippen LogP contribution in [0.3, 0.4) is 0 Å². The van der Waals surface area contributed by atoms with Crippen molar-refractivity contribution in [1.29, 1.82) is 0 Å². The molecule has 0 saturated carbocycles. The monoisotopic (exact) mass is 528 g/mol. The molecule has 0 atom stereocenters. The van der Waals surface area contributed by atoms with Crippen molar-refractivity contribution in [3.8, 4) is 17.0 Å². The van der Waals surface area contributed by atoms with Gasteiger partial charge in [0.2, 0.25) is 15.9 Å². The second-order valence-electron chi connectivity index (χ2n) is 8.30. The highest BCUT2D eigenvalue weighted by Crippen LogP contribution is 2.38. The molecule has 0 spiro atoms. The minimum atomic E-state index is -3.52. The van der Waals surface area contributed by atoms with E-state index in [1.165, 1.54) is 0 Å². The molecule has 0 aliphatic rings. The number of pyridine rings is 1. The maximum atomic E-state index is 12.5. The summed E-state index contributed by atoms with van der Waals surface area (Å²) in [5.41, 5.74) is 4.37. The Morgan fingerprint density at radius 2 is 1.91 bits per heavy atom. The first kappa shape index (κ1) is 23.5. The van der Waals surface area contributed by atoms with Crippen LogP contribution in [0.5, 0.6) is 5.88 Å². The Morgan fingerprint density at radius 3 is 2.69 bits per heavy atom. The molecule has 0 aliphatic carbocycles. The van der Waals surface area contributed by atoms with Crippen LogP contribution in [0.15, 0.2) is 61.1 Å². The summed E-state index contributed by atoms with van der Waals surface area (Å²) in [5.74, 6) is -0.117.